The first-order valence-electron chi connectivity index (χ1n) is 12.3. The molecule has 0 spiro atoms. The fourth-order valence-corrected chi connectivity index (χ4v) is 5.14. The van der Waals surface area contributed by atoms with Crippen molar-refractivity contribution in [1.29, 1.82) is 0 Å². The van der Waals surface area contributed by atoms with Gasteiger partial charge in [-0.3, -0.25) is 9.59 Å². The highest BCUT2D eigenvalue weighted by Gasteiger charge is 2.44. The van der Waals surface area contributed by atoms with Crippen molar-refractivity contribution in [2.75, 3.05) is 19.9 Å². The lowest BCUT2D eigenvalue weighted by atomic mass is 9.87. The number of halogens is 1. The van der Waals surface area contributed by atoms with E-state index in [-0.39, 0.29) is 50.6 Å². The zero-order valence-corrected chi connectivity index (χ0v) is 22.3. The van der Waals surface area contributed by atoms with Gasteiger partial charge in [0.05, 0.1) is 16.2 Å². The van der Waals surface area contributed by atoms with E-state index >= 15 is 0 Å². The summed E-state index contributed by atoms with van der Waals surface area (Å²) in [5.41, 5.74) is 1.24. The summed E-state index contributed by atoms with van der Waals surface area (Å²) in [6, 6.07) is 12.3. The Morgan fingerprint density at radius 2 is 1.92 bits per heavy atom. The number of aliphatic hydroxyl groups excluding tert-OH is 2. The molecule has 2 aromatic carbocycles. The van der Waals surface area contributed by atoms with Crippen LogP contribution in [0.5, 0.6) is 17.2 Å². The number of benzene rings is 2. The molecule has 0 bridgehead atoms. The summed E-state index contributed by atoms with van der Waals surface area (Å²) in [7, 11) is 0. The van der Waals surface area contributed by atoms with Gasteiger partial charge < -0.3 is 34.6 Å². The van der Waals surface area contributed by atoms with E-state index in [1.807, 2.05) is 36.4 Å². The molecule has 3 unspecified atom stereocenters. The van der Waals surface area contributed by atoms with Crippen LogP contribution >= 0.6 is 22.6 Å². The zero-order chi connectivity index (χ0) is 25.9. The number of para-hydroxylation sites is 1. The number of nitrogens with one attached hydrogen (secondary N) is 1. The summed E-state index contributed by atoms with van der Waals surface area (Å²) in [4.78, 5) is 28.1. The molecule has 1 heterocycles. The second-order valence-corrected chi connectivity index (χ2v) is 10.5. The van der Waals surface area contributed by atoms with Gasteiger partial charge >= 0.3 is 0 Å². The topological polar surface area (TPSA) is 118 Å². The fourth-order valence-electron chi connectivity index (χ4n) is 4.63. The van der Waals surface area contributed by atoms with Crippen LogP contribution in [0.1, 0.15) is 24.8 Å². The van der Waals surface area contributed by atoms with Gasteiger partial charge in [-0.1, -0.05) is 18.2 Å². The van der Waals surface area contributed by atoms with E-state index in [9.17, 15) is 19.8 Å². The first-order chi connectivity index (χ1) is 17.9. The first kappa shape index (κ1) is 25.8. The molecule has 2 amide bonds. The molecule has 9 nitrogen and oxygen atoms in total. The molecule has 5 rings (SSSR count). The lowest BCUT2D eigenvalue weighted by molar-refractivity contribution is -0.140. The smallest absolute Gasteiger partial charge is 0.247 e. The summed E-state index contributed by atoms with van der Waals surface area (Å²) < 4.78 is 18.0. The number of aliphatic hydroxyl groups is 2. The Labute approximate surface area is 228 Å². The molecular weight excluding hydrogens is 591 g/mol. The normalized spacial score (nSPS) is 22.2. The van der Waals surface area contributed by atoms with Gasteiger partial charge in [-0.25, -0.2) is 0 Å². The third kappa shape index (κ3) is 5.86. The van der Waals surface area contributed by atoms with Gasteiger partial charge in [0.1, 0.15) is 18.0 Å². The molecule has 2 aromatic rings. The van der Waals surface area contributed by atoms with Crippen molar-refractivity contribution in [2.45, 2.75) is 44.1 Å². The number of ether oxygens (including phenoxy) is 3. The number of fused-ring (bicyclic) bond motifs is 1. The van der Waals surface area contributed by atoms with Gasteiger partial charge in [0.25, 0.3) is 0 Å². The van der Waals surface area contributed by atoms with Crippen LogP contribution in [0.4, 0.5) is 0 Å². The van der Waals surface area contributed by atoms with Crippen LogP contribution in [-0.4, -0.2) is 65.1 Å². The Hall–Kier alpha value is -2.83. The average Bonchev–Trinajstić information content (AvgIpc) is 3.65. The number of hydrogen-bond acceptors (Lipinski definition) is 7. The van der Waals surface area contributed by atoms with E-state index in [4.69, 9.17) is 14.2 Å². The number of rotatable bonds is 9. The SMILES string of the molecule is O=C(NCCO)C1=CC(Oc2ccccc2I)C(O)C(N(Cc2ccc3c(c2)OCO3)C(=O)C2CC2)C1. The van der Waals surface area contributed by atoms with Gasteiger partial charge in [0, 0.05) is 31.0 Å². The van der Waals surface area contributed by atoms with Crippen LogP contribution in [0, 0.1) is 9.49 Å². The van der Waals surface area contributed by atoms with E-state index in [1.54, 1.807) is 17.0 Å². The number of hydrogen-bond donors (Lipinski definition) is 3. The van der Waals surface area contributed by atoms with E-state index in [0.717, 1.165) is 22.0 Å². The predicted octanol–water partition coefficient (Wildman–Crippen LogP) is 2.37. The summed E-state index contributed by atoms with van der Waals surface area (Å²) >= 11 is 2.16. The molecule has 10 heteroatoms. The molecule has 37 heavy (non-hydrogen) atoms. The largest absolute Gasteiger partial charge is 0.482 e. The average molecular weight is 620 g/mol. The highest BCUT2D eigenvalue weighted by Crippen LogP contribution is 2.37. The van der Waals surface area contributed by atoms with Crippen LogP contribution < -0.4 is 19.5 Å². The number of nitrogens with zero attached hydrogens (tertiary/aromatic N) is 1. The van der Waals surface area contributed by atoms with Gasteiger partial charge in [0.2, 0.25) is 18.6 Å². The Bertz CT molecular complexity index is 1200. The molecule has 3 aliphatic rings. The monoisotopic (exact) mass is 620 g/mol. The lowest BCUT2D eigenvalue weighted by Gasteiger charge is -2.40. The first-order valence-corrected chi connectivity index (χ1v) is 13.4. The maximum Gasteiger partial charge on any atom is 0.247 e. The summed E-state index contributed by atoms with van der Waals surface area (Å²) in [6.45, 7) is 0.311. The molecule has 0 aromatic heterocycles. The summed E-state index contributed by atoms with van der Waals surface area (Å²) in [6.07, 6.45) is 1.48. The van der Waals surface area contributed by atoms with Gasteiger partial charge in [-0.2, -0.15) is 0 Å². The van der Waals surface area contributed by atoms with Crippen LogP contribution in [0.15, 0.2) is 54.1 Å². The molecule has 3 N–H and O–H groups in total. The van der Waals surface area contributed by atoms with Gasteiger partial charge in [-0.15, -0.1) is 0 Å². The van der Waals surface area contributed by atoms with E-state index in [2.05, 4.69) is 27.9 Å². The van der Waals surface area contributed by atoms with E-state index in [1.165, 1.54) is 0 Å². The lowest BCUT2D eigenvalue weighted by Crippen LogP contribution is -2.55. The highest BCUT2D eigenvalue weighted by atomic mass is 127. The minimum absolute atomic E-state index is 0.0493. The highest BCUT2D eigenvalue weighted by molar-refractivity contribution is 14.1. The van der Waals surface area contributed by atoms with Crippen molar-refractivity contribution in [3.63, 3.8) is 0 Å². The van der Waals surface area contributed by atoms with Crippen molar-refractivity contribution in [3.05, 3.63) is 63.2 Å². The van der Waals surface area contributed by atoms with Gasteiger partial charge in [-0.05, 0) is 71.3 Å². The minimum atomic E-state index is -1.07. The molecule has 3 atom stereocenters. The van der Waals surface area contributed by atoms with Crippen molar-refractivity contribution >= 4 is 34.4 Å². The summed E-state index contributed by atoms with van der Waals surface area (Å²) in [5, 5.41) is 23.4. The van der Waals surface area contributed by atoms with Crippen LogP contribution in [0.3, 0.4) is 0 Å². The standard InChI is InChI=1S/C27H29IN2O7/c28-19-3-1-2-4-21(19)37-24-13-18(26(33)29-9-10-31)12-20(25(24)32)30(27(34)17-6-7-17)14-16-5-8-22-23(11-16)36-15-35-22/h1-5,8,11,13,17,20,24-25,31-32H,6-7,9-10,12,14-15H2,(H,29,33). The van der Waals surface area contributed by atoms with Crippen molar-refractivity contribution in [1.82, 2.24) is 10.2 Å². The molecule has 0 radical (unpaired) electrons. The Morgan fingerprint density at radius 1 is 1.14 bits per heavy atom. The second-order valence-electron chi connectivity index (χ2n) is 9.37. The maximum atomic E-state index is 13.5. The predicted molar refractivity (Wildman–Crippen MR) is 142 cm³/mol. The second kappa shape index (κ2) is 11.3. The Balaban J connectivity index is 1.46. The van der Waals surface area contributed by atoms with Crippen LogP contribution in [0.25, 0.3) is 0 Å². The Kier molecular flexibility index (Phi) is 7.87. The Morgan fingerprint density at radius 3 is 2.68 bits per heavy atom. The number of amides is 2. The van der Waals surface area contributed by atoms with E-state index in [0.29, 0.717) is 22.8 Å². The van der Waals surface area contributed by atoms with Crippen LogP contribution in [0.2, 0.25) is 0 Å². The van der Waals surface area contributed by atoms with E-state index < -0.39 is 18.2 Å². The molecular formula is C27H29IN2O7. The quantitative estimate of drug-likeness (QED) is 0.369. The van der Waals surface area contributed by atoms with Crippen LogP contribution in [-0.2, 0) is 16.1 Å². The van der Waals surface area contributed by atoms with Crippen molar-refractivity contribution in [2.24, 2.45) is 5.92 Å². The van der Waals surface area contributed by atoms with Crippen molar-refractivity contribution in [3.8, 4) is 17.2 Å². The van der Waals surface area contributed by atoms with Gasteiger partial charge in [0.15, 0.2) is 11.5 Å². The zero-order valence-electron chi connectivity index (χ0n) is 20.1. The number of carbonyl (C=O) groups is 2. The molecule has 0 saturated heterocycles. The molecule has 1 saturated carbocycles. The molecule has 1 aliphatic heterocycles. The van der Waals surface area contributed by atoms with Crippen molar-refractivity contribution < 1.29 is 34.0 Å². The maximum absolute atomic E-state index is 13.5. The minimum Gasteiger partial charge on any atom is -0.482 e. The summed E-state index contributed by atoms with van der Waals surface area (Å²) in [5.74, 6) is 1.35. The molecule has 1 fully saturated rings. The third-order valence-electron chi connectivity index (χ3n) is 6.71. The number of carbonyl (C=O) groups excluding carboxylic acids is 2. The fraction of sp³-hybridized carbons (Fsp3) is 0.407. The molecule has 2 aliphatic carbocycles. The third-order valence-corrected chi connectivity index (χ3v) is 7.61. The molecule has 196 valence electrons.